The average molecular weight is 301 g/mol. The molecule has 2 aromatic rings. The van der Waals surface area contributed by atoms with Crippen molar-refractivity contribution in [2.45, 2.75) is 6.92 Å². The van der Waals surface area contributed by atoms with E-state index in [0.717, 1.165) is 3.70 Å². The number of hydrogen-bond donors (Lipinski definition) is 0. The van der Waals surface area contributed by atoms with Crippen LogP contribution in [0.5, 0.6) is 0 Å². The van der Waals surface area contributed by atoms with Gasteiger partial charge in [-0.05, 0) is 64.2 Å². The molecule has 2 aromatic heterocycles. The van der Waals surface area contributed by atoms with E-state index in [9.17, 15) is 0 Å². The predicted molar refractivity (Wildman–Crippen MR) is 65.0 cm³/mol. The van der Waals surface area contributed by atoms with Crippen LogP contribution in [0.4, 0.5) is 0 Å². The lowest BCUT2D eigenvalue weighted by molar-refractivity contribution is 1.27. The molecule has 0 aromatic carbocycles. The zero-order chi connectivity index (χ0) is 9.26. The Morgan fingerprint density at radius 1 is 1.38 bits per heavy atom. The highest BCUT2D eigenvalue weighted by Crippen LogP contribution is 2.28. The van der Waals surface area contributed by atoms with Gasteiger partial charge in [0.05, 0.1) is 0 Å². The summed E-state index contributed by atoms with van der Waals surface area (Å²) < 4.78 is 1.04. The maximum Gasteiger partial charge on any atom is 0.101 e. The second-order valence-corrected chi connectivity index (χ2v) is 4.82. The van der Waals surface area contributed by atoms with Gasteiger partial charge < -0.3 is 0 Å². The molecule has 2 rings (SSSR count). The quantitative estimate of drug-likeness (QED) is 0.578. The van der Waals surface area contributed by atoms with Crippen molar-refractivity contribution >= 4 is 33.9 Å². The maximum atomic E-state index is 4.17. The smallest absolute Gasteiger partial charge is 0.101 e. The van der Waals surface area contributed by atoms with Crippen molar-refractivity contribution in [2.75, 3.05) is 0 Å². The van der Waals surface area contributed by atoms with Gasteiger partial charge in [-0.15, -0.1) is 11.3 Å². The van der Waals surface area contributed by atoms with E-state index in [4.69, 9.17) is 0 Å². The molecule has 0 aliphatic rings. The fourth-order valence-corrected chi connectivity index (χ4v) is 2.63. The molecule has 1 nitrogen and oxygen atoms in total. The largest absolute Gasteiger partial charge is 0.250 e. The molecule has 3 heteroatoms. The summed E-state index contributed by atoms with van der Waals surface area (Å²) >= 11 is 4.02. The lowest BCUT2D eigenvalue weighted by Crippen LogP contribution is -1.81. The van der Waals surface area contributed by atoms with Crippen molar-refractivity contribution in [1.82, 2.24) is 4.98 Å². The number of pyridine rings is 1. The van der Waals surface area contributed by atoms with E-state index in [1.54, 1.807) is 11.3 Å². The van der Waals surface area contributed by atoms with E-state index in [-0.39, 0.29) is 0 Å². The van der Waals surface area contributed by atoms with Gasteiger partial charge in [-0.2, -0.15) is 0 Å². The highest BCUT2D eigenvalue weighted by Gasteiger charge is 2.02. The van der Waals surface area contributed by atoms with Crippen LogP contribution in [-0.4, -0.2) is 4.98 Å². The first-order chi connectivity index (χ1) is 6.27. The molecular weight excluding hydrogens is 293 g/mol. The number of aromatic nitrogens is 1. The van der Waals surface area contributed by atoms with Crippen LogP contribution in [0.2, 0.25) is 0 Å². The molecule has 0 spiro atoms. The molecule has 0 atom stereocenters. The molecule has 0 bridgehead atoms. The molecule has 0 radical (unpaired) electrons. The number of rotatable bonds is 1. The normalized spacial score (nSPS) is 10.3. The van der Waals surface area contributed by atoms with Gasteiger partial charge >= 0.3 is 0 Å². The fourth-order valence-electron chi connectivity index (χ4n) is 1.21. The molecule has 0 fully saturated rings. The third-order valence-electron chi connectivity index (χ3n) is 1.85. The van der Waals surface area contributed by atoms with Gasteiger partial charge in [0.2, 0.25) is 0 Å². The summed E-state index contributed by atoms with van der Waals surface area (Å²) in [5.74, 6) is 0. The summed E-state index contributed by atoms with van der Waals surface area (Å²) in [5, 5.41) is 2.12. The molecule has 0 N–H and O–H groups in total. The van der Waals surface area contributed by atoms with Gasteiger partial charge in [-0.3, -0.25) is 4.98 Å². The molecule has 0 saturated heterocycles. The van der Waals surface area contributed by atoms with E-state index < -0.39 is 0 Å². The molecule has 0 aliphatic carbocycles. The molecule has 2 heterocycles. The van der Waals surface area contributed by atoms with Crippen LogP contribution < -0.4 is 0 Å². The maximum absolute atomic E-state index is 4.17. The molecular formula is C10H8INS. The molecule has 0 aliphatic heterocycles. The second-order valence-electron chi connectivity index (χ2n) is 2.80. The summed E-state index contributed by atoms with van der Waals surface area (Å²) in [6.07, 6.45) is 1.86. The standard InChI is InChI=1S/C10H8INS/c1-7-3-5-13-10(7)8-2-4-12-9(11)6-8/h2-6H,1H3. The van der Waals surface area contributed by atoms with Gasteiger partial charge in [0.1, 0.15) is 3.70 Å². The van der Waals surface area contributed by atoms with Crippen molar-refractivity contribution in [3.05, 3.63) is 39.0 Å². The molecule has 0 amide bonds. The van der Waals surface area contributed by atoms with Crippen molar-refractivity contribution in [3.8, 4) is 10.4 Å². The van der Waals surface area contributed by atoms with Gasteiger partial charge in [-0.1, -0.05) is 0 Å². The fraction of sp³-hybridized carbons (Fsp3) is 0.100. The number of aryl methyl sites for hydroxylation is 1. The molecule has 66 valence electrons. The number of hydrogen-bond acceptors (Lipinski definition) is 2. The summed E-state index contributed by atoms with van der Waals surface area (Å²) in [5.41, 5.74) is 2.61. The third-order valence-corrected chi connectivity index (χ3v) is 3.51. The first-order valence-electron chi connectivity index (χ1n) is 3.93. The molecule has 13 heavy (non-hydrogen) atoms. The van der Waals surface area contributed by atoms with Crippen molar-refractivity contribution in [1.29, 1.82) is 0 Å². The van der Waals surface area contributed by atoms with Gasteiger partial charge in [0.25, 0.3) is 0 Å². The summed E-state index contributed by atoms with van der Waals surface area (Å²) in [4.78, 5) is 5.52. The minimum absolute atomic E-state index is 1.04. The van der Waals surface area contributed by atoms with Crippen LogP contribution in [0.15, 0.2) is 29.8 Å². The van der Waals surface area contributed by atoms with E-state index >= 15 is 0 Å². The van der Waals surface area contributed by atoms with Gasteiger partial charge in [-0.25, -0.2) is 0 Å². The number of halogens is 1. The van der Waals surface area contributed by atoms with E-state index in [1.807, 2.05) is 6.20 Å². The lowest BCUT2D eigenvalue weighted by Gasteiger charge is -1.99. The minimum Gasteiger partial charge on any atom is -0.250 e. The lowest BCUT2D eigenvalue weighted by atomic mass is 10.2. The van der Waals surface area contributed by atoms with E-state index in [1.165, 1.54) is 16.0 Å². The third kappa shape index (κ3) is 1.91. The highest BCUT2D eigenvalue weighted by molar-refractivity contribution is 14.1. The Morgan fingerprint density at radius 3 is 2.85 bits per heavy atom. The highest BCUT2D eigenvalue weighted by atomic mass is 127. The number of thiophene rings is 1. The topological polar surface area (TPSA) is 12.9 Å². The van der Waals surface area contributed by atoms with Crippen LogP contribution in [0.1, 0.15) is 5.56 Å². The van der Waals surface area contributed by atoms with E-state index in [2.05, 4.69) is 58.1 Å². The Balaban J connectivity index is 2.53. The van der Waals surface area contributed by atoms with Crippen LogP contribution >= 0.6 is 33.9 Å². The Bertz CT molecular complexity index is 422. The van der Waals surface area contributed by atoms with Crippen LogP contribution in [-0.2, 0) is 0 Å². The Hall–Kier alpha value is -0.420. The van der Waals surface area contributed by atoms with E-state index in [0.29, 0.717) is 0 Å². The van der Waals surface area contributed by atoms with Crippen LogP contribution in [0, 0.1) is 10.6 Å². The average Bonchev–Trinajstić information content (AvgIpc) is 2.51. The molecule has 0 unspecified atom stereocenters. The van der Waals surface area contributed by atoms with Gasteiger partial charge in [0.15, 0.2) is 0 Å². The first-order valence-corrected chi connectivity index (χ1v) is 5.89. The predicted octanol–water partition coefficient (Wildman–Crippen LogP) is 3.72. The monoisotopic (exact) mass is 301 g/mol. The van der Waals surface area contributed by atoms with Crippen molar-refractivity contribution in [2.24, 2.45) is 0 Å². The molecule has 0 saturated carbocycles. The summed E-state index contributed by atoms with van der Waals surface area (Å²) in [6, 6.07) is 6.31. The first kappa shape index (κ1) is 9.15. The van der Waals surface area contributed by atoms with Crippen molar-refractivity contribution in [3.63, 3.8) is 0 Å². The number of nitrogens with zero attached hydrogens (tertiary/aromatic N) is 1. The SMILES string of the molecule is Cc1ccsc1-c1ccnc(I)c1. The Labute approximate surface area is 95.0 Å². The van der Waals surface area contributed by atoms with Crippen molar-refractivity contribution < 1.29 is 0 Å². The van der Waals surface area contributed by atoms with Gasteiger partial charge in [0, 0.05) is 11.1 Å². The van der Waals surface area contributed by atoms with Crippen LogP contribution in [0.3, 0.4) is 0 Å². The van der Waals surface area contributed by atoms with Crippen LogP contribution in [0.25, 0.3) is 10.4 Å². The second kappa shape index (κ2) is 3.75. The summed E-state index contributed by atoms with van der Waals surface area (Å²) in [7, 11) is 0. The Morgan fingerprint density at radius 2 is 2.23 bits per heavy atom. The summed E-state index contributed by atoms with van der Waals surface area (Å²) in [6.45, 7) is 2.14. The minimum atomic E-state index is 1.04. The zero-order valence-electron chi connectivity index (χ0n) is 7.12. The zero-order valence-corrected chi connectivity index (χ0v) is 10.1. The Kier molecular flexibility index (Phi) is 2.64.